The highest BCUT2D eigenvalue weighted by Crippen LogP contribution is 2.30. The van der Waals surface area contributed by atoms with Crippen LogP contribution in [0.15, 0.2) is 48.5 Å². The Bertz CT molecular complexity index is 641. The fourth-order valence-electron chi connectivity index (χ4n) is 1.97. The number of para-hydroxylation sites is 1. The van der Waals surface area contributed by atoms with Crippen LogP contribution < -0.4 is 5.32 Å². The van der Waals surface area contributed by atoms with Crippen molar-refractivity contribution in [3.8, 4) is 17.2 Å². The van der Waals surface area contributed by atoms with Gasteiger partial charge in [-0.2, -0.15) is 5.26 Å². The standard InChI is InChI=1S/C16H14N2O/c1-12-6-2-3-7-13(12)14-8-4-5-9-15(14)18-16(19)10-11-17/h2-9H,10H2,1H3,(H,18,19). The van der Waals surface area contributed by atoms with Crippen molar-refractivity contribution in [3.63, 3.8) is 0 Å². The summed E-state index contributed by atoms with van der Waals surface area (Å²) in [4.78, 5) is 11.5. The van der Waals surface area contributed by atoms with Crippen molar-refractivity contribution >= 4 is 11.6 Å². The molecule has 0 aliphatic rings. The number of hydrogen-bond donors (Lipinski definition) is 1. The Balaban J connectivity index is 2.40. The minimum Gasteiger partial charge on any atom is -0.325 e. The molecule has 0 aliphatic heterocycles. The van der Waals surface area contributed by atoms with E-state index in [1.165, 1.54) is 0 Å². The third-order valence-corrected chi connectivity index (χ3v) is 2.88. The van der Waals surface area contributed by atoms with Crippen LogP contribution in [0, 0.1) is 18.3 Å². The summed E-state index contributed by atoms with van der Waals surface area (Å²) in [7, 11) is 0. The SMILES string of the molecule is Cc1ccccc1-c1ccccc1NC(=O)CC#N. The minimum absolute atomic E-state index is 0.137. The Morgan fingerprint density at radius 3 is 2.42 bits per heavy atom. The molecule has 0 saturated carbocycles. The smallest absolute Gasteiger partial charge is 0.238 e. The van der Waals surface area contributed by atoms with Gasteiger partial charge in [-0.3, -0.25) is 4.79 Å². The number of rotatable bonds is 3. The molecule has 3 nitrogen and oxygen atoms in total. The molecule has 0 saturated heterocycles. The first-order valence-electron chi connectivity index (χ1n) is 6.04. The topological polar surface area (TPSA) is 52.9 Å². The van der Waals surface area contributed by atoms with E-state index in [1.807, 2.05) is 61.5 Å². The third-order valence-electron chi connectivity index (χ3n) is 2.88. The van der Waals surface area contributed by atoms with Gasteiger partial charge in [-0.05, 0) is 24.1 Å². The van der Waals surface area contributed by atoms with Gasteiger partial charge in [0.25, 0.3) is 0 Å². The van der Waals surface area contributed by atoms with E-state index in [2.05, 4.69) is 5.32 Å². The van der Waals surface area contributed by atoms with Crippen LogP contribution in [0.2, 0.25) is 0 Å². The highest BCUT2D eigenvalue weighted by molar-refractivity contribution is 5.96. The second kappa shape index (κ2) is 5.83. The monoisotopic (exact) mass is 250 g/mol. The number of carbonyl (C=O) groups is 1. The maximum atomic E-state index is 11.5. The summed E-state index contributed by atoms with van der Waals surface area (Å²) < 4.78 is 0. The number of aryl methyl sites for hydroxylation is 1. The molecule has 2 aromatic rings. The molecule has 94 valence electrons. The van der Waals surface area contributed by atoms with Crippen molar-refractivity contribution in [2.45, 2.75) is 13.3 Å². The van der Waals surface area contributed by atoms with Crippen LogP contribution in [0.5, 0.6) is 0 Å². The van der Waals surface area contributed by atoms with Gasteiger partial charge in [-0.15, -0.1) is 0 Å². The zero-order valence-electron chi connectivity index (χ0n) is 10.7. The third kappa shape index (κ3) is 2.99. The van der Waals surface area contributed by atoms with Gasteiger partial charge < -0.3 is 5.32 Å². The molecular weight excluding hydrogens is 236 g/mol. The maximum absolute atomic E-state index is 11.5. The van der Waals surface area contributed by atoms with Crippen molar-refractivity contribution in [3.05, 3.63) is 54.1 Å². The van der Waals surface area contributed by atoms with Gasteiger partial charge in [0.1, 0.15) is 6.42 Å². The lowest BCUT2D eigenvalue weighted by atomic mass is 9.99. The van der Waals surface area contributed by atoms with Crippen molar-refractivity contribution < 1.29 is 4.79 Å². The second-order valence-corrected chi connectivity index (χ2v) is 4.24. The quantitative estimate of drug-likeness (QED) is 0.906. The molecule has 0 atom stereocenters. The van der Waals surface area contributed by atoms with Crippen LogP contribution in [0.25, 0.3) is 11.1 Å². The summed E-state index contributed by atoms with van der Waals surface area (Å²) in [6, 6.07) is 17.5. The Morgan fingerprint density at radius 1 is 1.11 bits per heavy atom. The lowest BCUT2D eigenvalue weighted by Gasteiger charge is -2.12. The molecule has 3 heteroatoms. The predicted molar refractivity (Wildman–Crippen MR) is 75.5 cm³/mol. The van der Waals surface area contributed by atoms with Crippen molar-refractivity contribution in [2.75, 3.05) is 5.32 Å². The normalized spacial score (nSPS) is 9.68. The van der Waals surface area contributed by atoms with E-state index in [9.17, 15) is 4.79 Å². The van der Waals surface area contributed by atoms with Crippen molar-refractivity contribution in [1.29, 1.82) is 5.26 Å². The Hall–Kier alpha value is -2.60. The molecule has 0 unspecified atom stereocenters. The fourth-order valence-corrected chi connectivity index (χ4v) is 1.97. The van der Waals surface area contributed by atoms with Crippen LogP contribution in [-0.2, 0) is 4.79 Å². The highest BCUT2D eigenvalue weighted by Gasteiger charge is 2.09. The summed E-state index contributed by atoms with van der Waals surface area (Å²) >= 11 is 0. The van der Waals surface area contributed by atoms with Crippen LogP contribution in [0.4, 0.5) is 5.69 Å². The summed E-state index contributed by atoms with van der Waals surface area (Å²) in [5, 5.41) is 11.3. The molecule has 0 spiro atoms. The van der Waals surface area contributed by atoms with Crippen molar-refractivity contribution in [1.82, 2.24) is 0 Å². The summed E-state index contributed by atoms with van der Waals surface area (Å²) in [5.74, 6) is -0.288. The maximum Gasteiger partial charge on any atom is 0.238 e. The fraction of sp³-hybridized carbons (Fsp3) is 0.125. The Labute approximate surface area is 112 Å². The van der Waals surface area contributed by atoms with Gasteiger partial charge in [-0.25, -0.2) is 0 Å². The number of nitrogens with zero attached hydrogens (tertiary/aromatic N) is 1. The van der Waals surface area contributed by atoms with E-state index in [1.54, 1.807) is 0 Å². The molecule has 1 amide bonds. The largest absolute Gasteiger partial charge is 0.325 e. The molecule has 0 aliphatic carbocycles. The van der Waals surface area contributed by atoms with Crippen LogP contribution in [-0.4, -0.2) is 5.91 Å². The van der Waals surface area contributed by atoms with Gasteiger partial charge in [0.05, 0.1) is 6.07 Å². The van der Waals surface area contributed by atoms with Gasteiger partial charge >= 0.3 is 0 Å². The average Bonchev–Trinajstić information content (AvgIpc) is 2.40. The van der Waals surface area contributed by atoms with E-state index >= 15 is 0 Å². The molecule has 2 rings (SSSR count). The van der Waals surface area contributed by atoms with Crippen LogP contribution in [0.1, 0.15) is 12.0 Å². The zero-order valence-corrected chi connectivity index (χ0v) is 10.7. The van der Waals surface area contributed by atoms with Gasteiger partial charge in [-0.1, -0.05) is 42.5 Å². The van der Waals surface area contributed by atoms with E-state index < -0.39 is 0 Å². The molecule has 0 bridgehead atoms. The average molecular weight is 250 g/mol. The summed E-state index contributed by atoms with van der Waals surface area (Å²) in [5.41, 5.74) is 3.92. The van der Waals surface area contributed by atoms with Crippen LogP contribution >= 0.6 is 0 Å². The lowest BCUT2D eigenvalue weighted by molar-refractivity contribution is -0.115. The van der Waals surface area contributed by atoms with Crippen molar-refractivity contribution in [2.24, 2.45) is 0 Å². The minimum atomic E-state index is -0.288. The molecular formula is C16H14N2O. The first-order chi connectivity index (χ1) is 9.22. The van der Waals surface area contributed by atoms with E-state index in [0.29, 0.717) is 0 Å². The van der Waals surface area contributed by atoms with Gasteiger partial charge in [0, 0.05) is 11.3 Å². The number of hydrogen-bond acceptors (Lipinski definition) is 2. The number of nitriles is 1. The number of nitrogens with one attached hydrogen (secondary N) is 1. The lowest BCUT2D eigenvalue weighted by Crippen LogP contribution is -2.11. The summed E-state index contributed by atoms with van der Waals surface area (Å²) in [6.07, 6.45) is -0.137. The second-order valence-electron chi connectivity index (χ2n) is 4.24. The van der Waals surface area contributed by atoms with E-state index in [4.69, 9.17) is 5.26 Å². The van der Waals surface area contributed by atoms with E-state index in [-0.39, 0.29) is 12.3 Å². The van der Waals surface area contributed by atoms with Crippen LogP contribution in [0.3, 0.4) is 0 Å². The predicted octanol–water partition coefficient (Wildman–Crippen LogP) is 3.51. The number of carbonyl (C=O) groups excluding carboxylic acids is 1. The molecule has 2 aromatic carbocycles. The molecule has 1 N–H and O–H groups in total. The molecule has 19 heavy (non-hydrogen) atoms. The van der Waals surface area contributed by atoms with Gasteiger partial charge in [0.15, 0.2) is 0 Å². The number of anilines is 1. The number of amides is 1. The molecule has 0 aromatic heterocycles. The first kappa shape index (κ1) is 12.8. The Kier molecular flexibility index (Phi) is 3.94. The van der Waals surface area contributed by atoms with Gasteiger partial charge in [0.2, 0.25) is 5.91 Å². The van der Waals surface area contributed by atoms with E-state index in [0.717, 1.165) is 22.4 Å². The first-order valence-corrected chi connectivity index (χ1v) is 6.04. The molecule has 0 radical (unpaired) electrons. The molecule has 0 heterocycles. The highest BCUT2D eigenvalue weighted by atomic mass is 16.1. The number of benzene rings is 2. The zero-order chi connectivity index (χ0) is 13.7. The summed E-state index contributed by atoms with van der Waals surface area (Å²) in [6.45, 7) is 2.03. The Morgan fingerprint density at radius 2 is 1.74 bits per heavy atom. The molecule has 0 fully saturated rings.